The molecule has 0 atom stereocenters. The Morgan fingerprint density at radius 2 is 2.00 bits per heavy atom. The number of carbonyl (C=O) groups excluding carboxylic acids is 1. The Balaban J connectivity index is 1.83. The molecule has 8 nitrogen and oxygen atoms in total. The smallest absolute Gasteiger partial charge is 0.275 e. The van der Waals surface area contributed by atoms with Gasteiger partial charge in [-0.3, -0.25) is 19.6 Å². The van der Waals surface area contributed by atoms with E-state index in [0.717, 1.165) is 11.1 Å². The minimum Gasteiger partial charge on any atom is -0.457 e. The second-order valence-electron chi connectivity index (χ2n) is 6.65. The zero-order valence-electron chi connectivity index (χ0n) is 16.1. The molecule has 2 aromatic carbocycles. The van der Waals surface area contributed by atoms with Gasteiger partial charge in [0.1, 0.15) is 18.0 Å². The monoisotopic (exact) mass is 414 g/mol. The molecule has 0 fully saturated rings. The topological polar surface area (TPSA) is 99.3 Å². The number of benzene rings is 2. The summed E-state index contributed by atoms with van der Waals surface area (Å²) in [7, 11) is 0. The summed E-state index contributed by atoms with van der Waals surface area (Å²) < 4.78 is 7.25. The number of hydrogen-bond donors (Lipinski definition) is 1. The van der Waals surface area contributed by atoms with E-state index in [0.29, 0.717) is 16.5 Å². The van der Waals surface area contributed by atoms with Gasteiger partial charge in [0.05, 0.1) is 27.4 Å². The third-order valence-electron chi connectivity index (χ3n) is 4.15. The molecule has 0 unspecified atom stereocenters. The summed E-state index contributed by atoms with van der Waals surface area (Å²) in [5.74, 6) is 0.438. The SMILES string of the molecule is Cc1ccc(C)c(Oc2cc(NC(=O)Cn3cc(Cl)c(C)n3)cc([N+](=O)[O-])c2)c1. The van der Waals surface area contributed by atoms with Gasteiger partial charge in [0.15, 0.2) is 0 Å². The van der Waals surface area contributed by atoms with Crippen molar-refractivity contribution >= 4 is 28.9 Å². The number of nitro groups is 1. The normalized spacial score (nSPS) is 10.6. The second-order valence-corrected chi connectivity index (χ2v) is 7.06. The van der Waals surface area contributed by atoms with E-state index in [1.54, 1.807) is 13.1 Å². The molecule has 0 bridgehead atoms. The molecule has 0 aliphatic carbocycles. The third-order valence-corrected chi connectivity index (χ3v) is 4.52. The molecular weight excluding hydrogens is 396 g/mol. The Bertz CT molecular complexity index is 1070. The van der Waals surface area contributed by atoms with E-state index < -0.39 is 10.8 Å². The number of nitrogens with zero attached hydrogens (tertiary/aromatic N) is 3. The van der Waals surface area contributed by atoms with Gasteiger partial charge in [-0.1, -0.05) is 23.7 Å². The minimum atomic E-state index is -0.539. The van der Waals surface area contributed by atoms with Crippen molar-refractivity contribution in [1.29, 1.82) is 0 Å². The van der Waals surface area contributed by atoms with Gasteiger partial charge in [-0.05, 0) is 38.0 Å². The summed E-state index contributed by atoms with van der Waals surface area (Å²) in [6, 6.07) is 9.82. The minimum absolute atomic E-state index is 0.0799. The van der Waals surface area contributed by atoms with Crippen LogP contribution in [0, 0.1) is 30.9 Å². The number of aromatic nitrogens is 2. The van der Waals surface area contributed by atoms with Crippen molar-refractivity contribution in [2.45, 2.75) is 27.3 Å². The van der Waals surface area contributed by atoms with E-state index in [1.807, 2.05) is 32.0 Å². The highest BCUT2D eigenvalue weighted by Gasteiger charge is 2.15. The van der Waals surface area contributed by atoms with E-state index in [9.17, 15) is 14.9 Å². The summed E-state index contributed by atoms with van der Waals surface area (Å²) in [5.41, 5.74) is 2.55. The van der Waals surface area contributed by atoms with Crippen LogP contribution in [0.1, 0.15) is 16.8 Å². The standard InChI is InChI=1S/C20H19ClN4O4/c1-12-4-5-13(2)19(6-12)29-17-8-15(7-16(9-17)25(27)28)22-20(26)11-24-10-18(21)14(3)23-24/h4-10H,11H2,1-3H3,(H,22,26). The summed E-state index contributed by atoms with van der Waals surface area (Å²) in [5, 5.41) is 18.5. The average Bonchev–Trinajstić information content (AvgIpc) is 2.95. The van der Waals surface area contributed by atoms with Gasteiger partial charge in [-0.25, -0.2) is 0 Å². The Hall–Kier alpha value is -3.39. The molecule has 0 radical (unpaired) electrons. The molecule has 150 valence electrons. The zero-order valence-corrected chi connectivity index (χ0v) is 16.9. The Labute approximate surface area is 172 Å². The van der Waals surface area contributed by atoms with E-state index in [4.69, 9.17) is 16.3 Å². The van der Waals surface area contributed by atoms with Crippen LogP contribution in [-0.2, 0) is 11.3 Å². The average molecular weight is 415 g/mol. The molecule has 1 N–H and O–H groups in total. The molecule has 9 heteroatoms. The largest absolute Gasteiger partial charge is 0.457 e. The number of nitrogens with one attached hydrogen (secondary N) is 1. The molecule has 1 amide bonds. The summed E-state index contributed by atoms with van der Waals surface area (Å²) in [6.45, 7) is 5.46. The van der Waals surface area contributed by atoms with Gasteiger partial charge in [0, 0.05) is 18.3 Å². The lowest BCUT2D eigenvalue weighted by Crippen LogP contribution is -2.19. The number of ether oxygens (including phenoxy) is 1. The lowest BCUT2D eigenvalue weighted by molar-refractivity contribution is -0.384. The van der Waals surface area contributed by atoms with Crippen molar-refractivity contribution < 1.29 is 14.5 Å². The van der Waals surface area contributed by atoms with Gasteiger partial charge in [-0.15, -0.1) is 0 Å². The first kappa shape index (κ1) is 20.3. The number of rotatable bonds is 6. The maximum atomic E-state index is 12.3. The van der Waals surface area contributed by atoms with Crippen LogP contribution >= 0.6 is 11.6 Å². The molecular formula is C20H19ClN4O4. The summed E-state index contributed by atoms with van der Waals surface area (Å²) >= 11 is 5.94. The van der Waals surface area contributed by atoms with Gasteiger partial charge in [0.25, 0.3) is 5.69 Å². The molecule has 0 aliphatic rings. The van der Waals surface area contributed by atoms with Crippen LogP contribution in [0.5, 0.6) is 11.5 Å². The first-order valence-electron chi connectivity index (χ1n) is 8.75. The van der Waals surface area contributed by atoms with Crippen LogP contribution in [0.25, 0.3) is 0 Å². The third kappa shape index (κ3) is 5.11. The number of hydrogen-bond acceptors (Lipinski definition) is 5. The quantitative estimate of drug-likeness (QED) is 0.461. The number of carbonyl (C=O) groups is 1. The first-order chi connectivity index (χ1) is 13.7. The maximum Gasteiger partial charge on any atom is 0.275 e. The van der Waals surface area contributed by atoms with Crippen LogP contribution in [0.15, 0.2) is 42.6 Å². The van der Waals surface area contributed by atoms with E-state index in [-0.39, 0.29) is 23.7 Å². The van der Waals surface area contributed by atoms with Gasteiger partial charge >= 0.3 is 0 Å². The summed E-state index contributed by atoms with van der Waals surface area (Å²) in [4.78, 5) is 23.1. The lowest BCUT2D eigenvalue weighted by Gasteiger charge is -2.12. The maximum absolute atomic E-state index is 12.3. The molecule has 29 heavy (non-hydrogen) atoms. The van der Waals surface area contributed by atoms with Crippen molar-refractivity contribution in [1.82, 2.24) is 9.78 Å². The Kier molecular flexibility index (Phi) is 5.84. The fourth-order valence-electron chi connectivity index (χ4n) is 2.69. The van der Waals surface area contributed by atoms with Crippen LogP contribution in [0.3, 0.4) is 0 Å². The highest BCUT2D eigenvalue weighted by Crippen LogP contribution is 2.31. The van der Waals surface area contributed by atoms with Crippen LogP contribution < -0.4 is 10.1 Å². The Morgan fingerprint density at radius 1 is 1.24 bits per heavy atom. The van der Waals surface area contributed by atoms with Gasteiger partial charge in [0.2, 0.25) is 5.91 Å². The molecule has 0 aliphatic heterocycles. The molecule has 0 saturated carbocycles. The van der Waals surface area contributed by atoms with E-state index >= 15 is 0 Å². The number of anilines is 1. The first-order valence-corrected chi connectivity index (χ1v) is 9.13. The van der Waals surface area contributed by atoms with Crippen molar-refractivity contribution in [3.63, 3.8) is 0 Å². The number of aryl methyl sites for hydroxylation is 3. The van der Waals surface area contributed by atoms with Crippen LogP contribution in [0.4, 0.5) is 11.4 Å². The predicted molar refractivity (Wildman–Crippen MR) is 110 cm³/mol. The van der Waals surface area contributed by atoms with Gasteiger partial charge in [-0.2, -0.15) is 5.10 Å². The number of amides is 1. The fourth-order valence-corrected chi connectivity index (χ4v) is 2.84. The molecule has 0 saturated heterocycles. The summed E-state index contributed by atoms with van der Waals surface area (Å²) in [6.07, 6.45) is 1.54. The second kappa shape index (κ2) is 8.32. The van der Waals surface area contributed by atoms with Crippen molar-refractivity contribution in [2.75, 3.05) is 5.32 Å². The highest BCUT2D eigenvalue weighted by atomic mass is 35.5. The zero-order chi connectivity index (χ0) is 21.1. The lowest BCUT2D eigenvalue weighted by atomic mass is 10.1. The van der Waals surface area contributed by atoms with Crippen LogP contribution in [0.2, 0.25) is 5.02 Å². The van der Waals surface area contributed by atoms with Crippen LogP contribution in [-0.4, -0.2) is 20.6 Å². The molecule has 3 aromatic rings. The molecule has 3 rings (SSSR count). The van der Waals surface area contributed by atoms with E-state index in [2.05, 4.69) is 10.4 Å². The van der Waals surface area contributed by atoms with Crippen molar-refractivity contribution in [3.05, 3.63) is 74.6 Å². The molecule has 1 aromatic heterocycles. The van der Waals surface area contributed by atoms with Crippen molar-refractivity contribution in [2.24, 2.45) is 0 Å². The van der Waals surface area contributed by atoms with Gasteiger partial charge < -0.3 is 10.1 Å². The Morgan fingerprint density at radius 3 is 2.66 bits per heavy atom. The highest BCUT2D eigenvalue weighted by molar-refractivity contribution is 6.31. The van der Waals surface area contributed by atoms with Crippen molar-refractivity contribution in [3.8, 4) is 11.5 Å². The molecule has 1 heterocycles. The molecule has 0 spiro atoms. The number of nitro benzene ring substituents is 1. The predicted octanol–water partition coefficient (Wildman–Crippen LogP) is 4.80. The fraction of sp³-hybridized carbons (Fsp3) is 0.200. The number of halogens is 1. The van der Waals surface area contributed by atoms with E-state index in [1.165, 1.54) is 22.9 Å². The number of non-ortho nitro benzene ring substituents is 1.